The number of hydrogen-bond donors (Lipinski definition) is 0. The summed E-state index contributed by atoms with van der Waals surface area (Å²) in [4.78, 5) is 19.6. The van der Waals surface area contributed by atoms with Crippen molar-refractivity contribution in [1.29, 1.82) is 0 Å². The van der Waals surface area contributed by atoms with Gasteiger partial charge in [0.25, 0.3) is 5.91 Å². The lowest BCUT2D eigenvalue weighted by atomic mass is 9.97. The van der Waals surface area contributed by atoms with E-state index in [4.69, 9.17) is 4.74 Å². The molecule has 0 aliphatic carbocycles. The number of carbonyl (C=O) groups excluding carboxylic acids is 1. The standard InChI is InChI=1S/C22H21N5O2/c1-29-17-8-10-18-15(13-17)7-9-19(23-18)22(28)26-11-4-5-16(14-26)21-25-24-20-6-2-3-12-27(20)21/h2-3,6-10,12-13,16H,4-5,11,14H2,1H3. The zero-order chi connectivity index (χ0) is 19.8. The minimum Gasteiger partial charge on any atom is -0.497 e. The number of fused-ring (bicyclic) bond motifs is 2. The van der Waals surface area contributed by atoms with Crippen LogP contribution in [0.25, 0.3) is 16.6 Å². The number of hydrogen-bond acceptors (Lipinski definition) is 5. The van der Waals surface area contributed by atoms with Crippen LogP contribution in [0.5, 0.6) is 5.75 Å². The summed E-state index contributed by atoms with van der Waals surface area (Å²) < 4.78 is 7.27. The SMILES string of the molecule is COc1ccc2nc(C(=O)N3CCCC(c4nnc5ccccn45)C3)ccc2c1. The summed E-state index contributed by atoms with van der Waals surface area (Å²) in [5, 5.41) is 9.60. The molecule has 7 nitrogen and oxygen atoms in total. The summed E-state index contributed by atoms with van der Waals surface area (Å²) in [5.41, 5.74) is 2.08. The molecule has 1 atom stereocenters. The largest absolute Gasteiger partial charge is 0.497 e. The number of piperidine rings is 1. The number of nitrogens with zero attached hydrogens (tertiary/aromatic N) is 5. The van der Waals surface area contributed by atoms with Gasteiger partial charge in [0.15, 0.2) is 5.65 Å². The van der Waals surface area contributed by atoms with Gasteiger partial charge in [-0.15, -0.1) is 10.2 Å². The number of amides is 1. The molecule has 5 rings (SSSR count). The van der Waals surface area contributed by atoms with Crippen molar-refractivity contribution in [3.05, 3.63) is 66.2 Å². The first-order valence-corrected chi connectivity index (χ1v) is 9.76. The highest BCUT2D eigenvalue weighted by molar-refractivity contribution is 5.95. The third-order valence-corrected chi connectivity index (χ3v) is 5.53. The van der Waals surface area contributed by atoms with E-state index in [9.17, 15) is 4.79 Å². The highest BCUT2D eigenvalue weighted by Gasteiger charge is 2.29. The van der Waals surface area contributed by atoms with Crippen LogP contribution in [0.15, 0.2) is 54.7 Å². The highest BCUT2D eigenvalue weighted by atomic mass is 16.5. The Morgan fingerprint density at radius 3 is 2.97 bits per heavy atom. The summed E-state index contributed by atoms with van der Waals surface area (Å²) in [6.45, 7) is 1.35. The number of methoxy groups -OCH3 is 1. The number of ether oxygens (including phenoxy) is 1. The van der Waals surface area contributed by atoms with Gasteiger partial charge in [-0.1, -0.05) is 12.1 Å². The molecular formula is C22H21N5O2. The maximum atomic E-state index is 13.1. The van der Waals surface area contributed by atoms with Gasteiger partial charge < -0.3 is 9.64 Å². The van der Waals surface area contributed by atoms with E-state index in [-0.39, 0.29) is 11.8 Å². The molecule has 1 saturated heterocycles. The number of pyridine rings is 2. The van der Waals surface area contributed by atoms with Crippen LogP contribution in [0.1, 0.15) is 35.1 Å². The first kappa shape index (κ1) is 17.6. The molecule has 146 valence electrons. The van der Waals surface area contributed by atoms with Crippen LogP contribution < -0.4 is 4.74 Å². The molecule has 29 heavy (non-hydrogen) atoms. The molecule has 1 aromatic carbocycles. The number of rotatable bonds is 3. The van der Waals surface area contributed by atoms with Crippen LogP contribution >= 0.6 is 0 Å². The molecule has 1 amide bonds. The molecular weight excluding hydrogens is 366 g/mol. The number of likely N-dealkylation sites (tertiary alicyclic amines) is 1. The van der Waals surface area contributed by atoms with Gasteiger partial charge in [0, 0.05) is 30.6 Å². The van der Waals surface area contributed by atoms with Crippen molar-refractivity contribution in [2.45, 2.75) is 18.8 Å². The van der Waals surface area contributed by atoms with Gasteiger partial charge >= 0.3 is 0 Å². The third kappa shape index (κ3) is 3.18. The molecule has 1 fully saturated rings. The summed E-state index contributed by atoms with van der Waals surface area (Å²) >= 11 is 0. The second kappa shape index (κ2) is 7.16. The number of benzene rings is 1. The average Bonchev–Trinajstić information content (AvgIpc) is 3.22. The fraction of sp³-hybridized carbons (Fsp3) is 0.273. The lowest BCUT2D eigenvalue weighted by Gasteiger charge is -2.31. The molecule has 0 spiro atoms. The maximum absolute atomic E-state index is 13.1. The first-order chi connectivity index (χ1) is 14.2. The second-order valence-corrected chi connectivity index (χ2v) is 7.33. The van der Waals surface area contributed by atoms with E-state index in [0.717, 1.165) is 47.5 Å². The van der Waals surface area contributed by atoms with Crippen LogP contribution in [0.4, 0.5) is 0 Å². The second-order valence-electron chi connectivity index (χ2n) is 7.33. The molecule has 3 aromatic heterocycles. The van der Waals surface area contributed by atoms with E-state index >= 15 is 0 Å². The minimum absolute atomic E-state index is 0.0405. The van der Waals surface area contributed by atoms with Gasteiger partial charge in [-0.3, -0.25) is 9.20 Å². The average molecular weight is 387 g/mol. The van der Waals surface area contributed by atoms with Gasteiger partial charge in [0.05, 0.1) is 12.6 Å². The Labute approximate surface area is 167 Å². The molecule has 0 N–H and O–H groups in total. The Kier molecular flexibility index (Phi) is 4.35. The normalized spacial score (nSPS) is 17.0. The Morgan fingerprint density at radius 1 is 1.14 bits per heavy atom. The number of aromatic nitrogens is 4. The summed E-state index contributed by atoms with van der Waals surface area (Å²) in [6, 6.07) is 15.2. The first-order valence-electron chi connectivity index (χ1n) is 9.76. The van der Waals surface area contributed by atoms with E-state index in [0.29, 0.717) is 12.2 Å². The van der Waals surface area contributed by atoms with Gasteiger partial charge in [0.1, 0.15) is 17.3 Å². The van der Waals surface area contributed by atoms with Crippen LogP contribution in [-0.2, 0) is 0 Å². The lowest BCUT2D eigenvalue weighted by Crippen LogP contribution is -2.40. The van der Waals surface area contributed by atoms with Crippen molar-refractivity contribution in [3.8, 4) is 5.75 Å². The third-order valence-electron chi connectivity index (χ3n) is 5.53. The fourth-order valence-electron chi connectivity index (χ4n) is 4.02. The van der Waals surface area contributed by atoms with E-state index in [1.54, 1.807) is 13.2 Å². The molecule has 7 heteroatoms. The van der Waals surface area contributed by atoms with Gasteiger partial charge in [0.2, 0.25) is 0 Å². The Balaban J connectivity index is 1.40. The van der Waals surface area contributed by atoms with Crippen LogP contribution in [0.3, 0.4) is 0 Å². The molecule has 0 bridgehead atoms. The monoisotopic (exact) mass is 387 g/mol. The van der Waals surface area contributed by atoms with Crippen LogP contribution in [0, 0.1) is 0 Å². The number of carbonyl (C=O) groups is 1. The molecule has 4 aromatic rings. The molecule has 0 saturated carbocycles. The zero-order valence-corrected chi connectivity index (χ0v) is 16.2. The predicted octanol–water partition coefficient (Wildman–Crippen LogP) is 3.31. The van der Waals surface area contributed by atoms with Crippen molar-refractivity contribution < 1.29 is 9.53 Å². The van der Waals surface area contributed by atoms with Crippen molar-refractivity contribution in [1.82, 2.24) is 24.5 Å². The molecule has 0 radical (unpaired) electrons. The van der Waals surface area contributed by atoms with E-state index in [1.165, 1.54) is 0 Å². The minimum atomic E-state index is -0.0405. The molecule has 4 heterocycles. The van der Waals surface area contributed by atoms with Crippen molar-refractivity contribution in [2.24, 2.45) is 0 Å². The van der Waals surface area contributed by atoms with Crippen LogP contribution in [-0.4, -0.2) is 50.6 Å². The van der Waals surface area contributed by atoms with Crippen molar-refractivity contribution in [3.63, 3.8) is 0 Å². The van der Waals surface area contributed by atoms with Gasteiger partial charge in [-0.25, -0.2) is 4.98 Å². The summed E-state index contributed by atoms with van der Waals surface area (Å²) in [6.07, 6.45) is 3.90. The van der Waals surface area contributed by atoms with Crippen molar-refractivity contribution >= 4 is 22.5 Å². The Morgan fingerprint density at radius 2 is 2.07 bits per heavy atom. The Bertz CT molecular complexity index is 1200. The maximum Gasteiger partial charge on any atom is 0.272 e. The molecule has 1 unspecified atom stereocenters. The zero-order valence-electron chi connectivity index (χ0n) is 16.2. The highest BCUT2D eigenvalue weighted by Crippen LogP contribution is 2.27. The molecule has 1 aliphatic rings. The van der Waals surface area contributed by atoms with Gasteiger partial charge in [-0.05, 0) is 49.2 Å². The van der Waals surface area contributed by atoms with Crippen molar-refractivity contribution in [2.75, 3.05) is 20.2 Å². The molecule has 1 aliphatic heterocycles. The van der Waals surface area contributed by atoms with Crippen LogP contribution in [0.2, 0.25) is 0 Å². The van der Waals surface area contributed by atoms with Gasteiger partial charge in [-0.2, -0.15) is 0 Å². The summed E-state index contributed by atoms with van der Waals surface area (Å²) in [7, 11) is 1.64. The van der Waals surface area contributed by atoms with E-state index in [1.807, 2.05) is 58.0 Å². The Hall–Kier alpha value is -3.48. The lowest BCUT2D eigenvalue weighted by molar-refractivity contribution is 0.0698. The fourth-order valence-corrected chi connectivity index (χ4v) is 4.02. The topological polar surface area (TPSA) is 72.6 Å². The summed E-state index contributed by atoms with van der Waals surface area (Å²) in [5.74, 6) is 1.81. The quantitative estimate of drug-likeness (QED) is 0.539. The smallest absolute Gasteiger partial charge is 0.272 e. The predicted molar refractivity (Wildman–Crippen MR) is 109 cm³/mol. The van der Waals surface area contributed by atoms with E-state index in [2.05, 4.69) is 15.2 Å². The van der Waals surface area contributed by atoms with E-state index < -0.39 is 0 Å².